The third kappa shape index (κ3) is 2.67. The van der Waals surface area contributed by atoms with Gasteiger partial charge in [0.15, 0.2) is 5.82 Å². The largest absolute Gasteiger partial charge is 0.339 e. The lowest BCUT2D eigenvalue weighted by Gasteiger charge is -2.00. The first-order valence-corrected chi connectivity index (χ1v) is 5.35. The molecule has 4 heteroatoms. The van der Waals surface area contributed by atoms with E-state index in [0.29, 0.717) is 18.3 Å². The molecule has 1 aromatic heterocycles. The number of rotatable bonds is 4. The maximum Gasteiger partial charge on any atom is 0.226 e. The van der Waals surface area contributed by atoms with E-state index in [4.69, 9.17) is 10.3 Å². The van der Waals surface area contributed by atoms with Crippen LogP contribution in [-0.2, 0) is 19.4 Å². The van der Waals surface area contributed by atoms with Gasteiger partial charge in [0, 0.05) is 13.0 Å². The molecular formula is C12H15N3O. The quantitative estimate of drug-likeness (QED) is 0.845. The van der Waals surface area contributed by atoms with Crippen molar-refractivity contribution in [3.05, 3.63) is 47.1 Å². The zero-order valence-corrected chi connectivity index (χ0v) is 9.31. The molecule has 0 bridgehead atoms. The van der Waals surface area contributed by atoms with E-state index in [0.717, 1.165) is 18.4 Å². The molecule has 0 unspecified atom stereocenters. The lowest BCUT2D eigenvalue weighted by molar-refractivity contribution is 0.374. The number of aryl methyl sites for hydroxylation is 3. The molecule has 0 amide bonds. The van der Waals surface area contributed by atoms with Crippen LogP contribution in [0.5, 0.6) is 0 Å². The monoisotopic (exact) mass is 217 g/mol. The summed E-state index contributed by atoms with van der Waals surface area (Å²) < 4.78 is 5.05. The number of aromatic nitrogens is 2. The lowest BCUT2D eigenvalue weighted by Crippen LogP contribution is -1.97. The van der Waals surface area contributed by atoms with Crippen molar-refractivity contribution in [3.63, 3.8) is 0 Å². The molecule has 0 saturated heterocycles. The Labute approximate surface area is 94.5 Å². The molecule has 0 radical (unpaired) electrons. The summed E-state index contributed by atoms with van der Waals surface area (Å²) in [5.41, 5.74) is 7.94. The van der Waals surface area contributed by atoms with Gasteiger partial charge in [0.05, 0.1) is 0 Å². The average molecular weight is 217 g/mol. The standard InChI is InChI=1S/C12H15N3O/c1-9-14-12(16-15-9)7-6-10-2-4-11(8-13)5-3-10/h2-5H,6-8,13H2,1H3. The minimum atomic E-state index is 0.586. The molecule has 16 heavy (non-hydrogen) atoms. The smallest absolute Gasteiger partial charge is 0.226 e. The minimum Gasteiger partial charge on any atom is -0.339 e. The summed E-state index contributed by atoms with van der Waals surface area (Å²) in [5, 5.41) is 3.75. The van der Waals surface area contributed by atoms with Gasteiger partial charge in [-0.05, 0) is 24.5 Å². The molecule has 0 aliphatic rings. The van der Waals surface area contributed by atoms with Crippen LogP contribution in [0.4, 0.5) is 0 Å². The molecule has 0 spiro atoms. The minimum absolute atomic E-state index is 0.586. The third-order valence-electron chi connectivity index (χ3n) is 2.46. The van der Waals surface area contributed by atoms with E-state index < -0.39 is 0 Å². The van der Waals surface area contributed by atoms with Crippen molar-refractivity contribution >= 4 is 0 Å². The van der Waals surface area contributed by atoms with E-state index in [1.807, 2.05) is 19.1 Å². The third-order valence-corrected chi connectivity index (χ3v) is 2.46. The second kappa shape index (κ2) is 4.90. The maximum absolute atomic E-state index is 5.53. The predicted octanol–water partition coefficient (Wildman–Crippen LogP) is 1.62. The molecule has 84 valence electrons. The van der Waals surface area contributed by atoms with Crippen molar-refractivity contribution in [3.8, 4) is 0 Å². The van der Waals surface area contributed by atoms with Crippen LogP contribution in [0.2, 0.25) is 0 Å². The lowest BCUT2D eigenvalue weighted by atomic mass is 10.1. The Morgan fingerprint density at radius 1 is 1.12 bits per heavy atom. The molecule has 0 saturated carbocycles. The summed E-state index contributed by atoms with van der Waals surface area (Å²) >= 11 is 0. The zero-order valence-electron chi connectivity index (χ0n) is 9.31. The summed E-state index contributed by atoms with van der Waals surface area (Å²) in [5.74, 6) is 1.38. The number of nitrogens with zero attached hydrogens (tertiary/aromatic N) is 2. The molecule has 0 aliphatic heterocycles. The highest BCUT2D eigenvalue weighted by Crippen LogP contribution is 2.07. The van der Waals surface area contributed by atoms with Gasteiger partial charge in [-0.15, -0.1) is 0 Å². The molecular weight excluding hydrogens is 202 g/mol. The van der Waals surface area contributed by atoms with E-state index >= 15 is 0 Å². The van der Waals surface area contributed by atoms with Crippen LogP contribution in [0.1, 0.15) is 22.8 Å². The van der Waals surface area contributed by atoms with Crippen molar-refractivity contribution in [2.45, 2.75) is 26.3 Å². The van der Waals surface area contributed by atoms with Crippen molar-refractivity contribution < 1.29 is 4.52 Å². The van der Waals surface area contributed by atoms with E-state index in [1.54, 1.807) is 0 Å². The van der Waals surface area contributed by atoms with Gasteiger partial charge in [-0.3, -0.25) is 0 Å². The first-order valence-electron chi connectivity index (χ1n) is 5.35. The van der Waals surface area contributed by atoms with E-state index in [1.165, 1.54) is 5.56 Å². The molecule has 0 aliphatic carbocycles. The van der Waals surface area contributed by atoms with E-state index in [-0.39, 0.29) is 0 Å². The Morgan fingerprint density at radius 3 is 2.38 bits per heavy atom. The van der Waals surface area contributed by atoms with Crippen molar-refractivity contribution in [2.75, 3.05) is 0 Å². The highest BCUT2D eigenvalue weighted by Gasteiger charge is 2.02. The predicted molar refractivity (Wildman–Crippen MR) is 60.8 cm³/mol. The first kappa shape index (κ1) is 10.8. The second-order valence-corrected chi connectivity index (χ2v) is 3.76. The molecule has 1 aromatic carbocycles. The van der Waals surface area contributed by atoms with Gasteiger partial charge in [0.2, 0.25) is 5.89 Å². The highest BCUT2D eigenvalue weighted by atomic mass is 16.5. The number of hydrogen-bond donors (Lipinski definition) is 1. The fourth-order valence-corrected chi connectivity index (χ4v) is 1.53. The van der Waals surface area contributed by atoms with Gasteiger partial charge >= 0.3 is 0 Å². The van der Waals surface area contributed by atoms with Crippen molar-refractivity contribution in [1.29, 1.82) is 0 Å². The molecule has 2 N–H and O–H groups in total. The summed E-state index contributed by atoms with van der Waals surface area (Å²) in [4.78, 5) is 4.16. The first-order chi connectivity index (χ1) is 7.78. The van der Waals surface area contributed by atoms with Crippen LogP contribution >= 0.6 is 0 Å². The van der Waals surface area contributed by atoms with Gasteiger partial charge in [0.1, 0.15) is 0 Å². The van der Waals surface area contributed by atoms with Gasteiger partial charge < -0.3 is 10.3 Å². The van der Waals surface area contributed by atoms with Crippen molar-refractivity contribution in [1.82, 2.24) is 10.1 Å². The number of benzene rings is 1. The molecule has 2 aromatic rings. The van der Waals surface area contributed by atoms with Gasteiger partial charge in [-0.25, -0.2) is 0 Å². The van der Waals surface area contributed by atoms with E-state index in [2.05, 4.69) is 22.3 Å². The van der Waals surface area contributed by atoms with Crippen molar-refractivity contribution in [2.24, 2.45) is 5.73 Å². The average Bonchev–Trinajstić information content (AvgIpc) is 2.73. The Morgan fingerprint density at radius 2 is 1.81 bits per heavy atom. The highest BCUT2D eigenvalue weighted by molar-refractivity contribution is 5.22. The fourth-order valence-electron chi connectivity index (χ4n) is 1.53. The van der Waals surface area contributed by atoms with Gasteiger partial charge in [0.25, 0.3) is 0 Å². The Kier molecular flexibility index (Phi) is 3.31. The van der Waals surface area contributed by atoms with E-state index in [9.17, 15) is 0 Å². The Hall–Kier alpha value is -1.68. The van der Waals surface area contributed by atoms with Crippen LogP contribution < -0.4 is 5.73 Å². The Balaban J connectivity index is 1.94. The molecule has 0 fully saturated rings. The zero-order chi connectivity index (χ0) is 11.4. The Bertz CT molecular complexity index is 448. The summed E-state index contributed by atoms with van der Waals surface area (Å²) in [6.45, 7) is 2.41. The fraction of sp³-hybridized carbons (Fsp3) is 0.333. The van der Waals surface area contributed by atoms with Crippen LogP contribution in [-0.4, -0.2) is 10.1 Å². The summed E-state index contributed by atoms with van der Waals surface area (Å²) in [6.07, 6.45) is 1.69. The molecule has 0 atom stereocenters. The maximum atomic E-state index is 5.53. The molecule has 2 rings (SSSR count). The van der Waals surface area contributed by atoms with Crippen LogP contribution in [0, 0.1) is 6.92 Å². The summed E-state index contributed by atoms with van der Waals surface area (Å²) in [7, 11) is 0. The van der Waals surface area contributed by atoms with Gasteiger partial charge in [-0.1, -0.05) is 29.4 Å². The SMILES string of the molecule is Cc1noc(CCc2ccc(CN)cc2)n1. The number of nitrogens with two attached hydrogens (primary N) is 1. The van der Waals surface area contributed by atoms with Gasteiger partial charge in [-0.2, -0.15) is 4.98 Å². The normalized spacial score (nSPS) is 10.6. The molecule has 1 heterocycles. The summed E-state index contributed by atoms with van der Waals surface area (Å²) in [6, 6.07) is 8.28. The molecule has 4 nitrogen and oxygen atoms in total. The van der Waals surface area contributed by atoms with Crippen LogP contribution in [0.25, 0.3) is 0 Å². The van der Waals surface area contributed by atoms with Crippen LogP contribution in [0.3, 0.4) is 0 Å². The van der Waals surface area contributed by atoms with Crippen LogP contribution in [0.15, 0.2) is 28.8 Å². The number of hydrogen-bond acceptors (Lipinski definition) is 4. The second-order valence-electron chi connectivity index (χ2n) is 3.76. The topological polar surface area (TPSA) is 64.9 Å².